The summed E-state index contributed by atoms with van der Waals surface area (Å²) in [5, 5.41) is 32.4. The van der Waals surface area contributed by atoms with E-state index in [1.54, 1.807) is 10.6 Å². The summed E-state index contributed by atoms with van der Waals surface area (Å²) in [7, 11) is 2.14. The highest BCUT2D eigenvalue weighted by Crippen LogP contribution is 2.38. The number of aromatic nitrogens is 3. The van der Waals surface area contributed by atoms with Gasteiger partial charge in [0.05, 0.1) is 5.56 Å². The van der Waals surface area contributed by atoms with Crippen molar-refractivity contribution in [2.24, 2.45) is 0 Å². The molecule has 0 spiro atoms. The van der Waals surface area contributed by atoms with Gasteiger partial charge < -0.3 is 20.4 Å². The van der Waals surface area contributed by atoms with E-state index < -0.39 is 0 Å². The minimum atomic E-state index is -0.354. The number of nitrogens with zero attached hydrogens (tertiary/aromatic N) is 5. The lowest BCUT2D eigenvalue weighted by Crippen LogP contribution is -2.43. The molecule has 0 unspecified atom stereocenters. The van der Waals surface area contributed by atoms with E-state index in [2.05, 4.69) is 44.5 Å². The van der Waals surface area contributed by atoms with Gasteiger partial charge in [-0.15, -0.1) is 10.2 Å². The maximum atomic E-state index is 13.0. The molecule has 1 aliphatic rings. The van der Waals surface area contributed by atoms with Gasteiger partial charge in [0.2, 0.25) is 5.82 Å². The van der Waals surface area contributed by atoms with Gasteiger partial charge in [-0.1, -0.05) is 26.0 Å². The summed E-state index contributed by atoms with van der Waals surface area (Å²) in [6.45, 7) is 12.7. The number of piperazine rings is 1. The summed E-state index contributed by atoms with van der Waals surface area (Å²) in [6.07, 6.45) is 0. The molecule has 0 atom stereocenters. The molecule has 1 amide bonds. The minimum Gasteiger partial charge on any atom is -0.508 e. The smallest absolute Gasteiger partial charge is 0.289 e. The van der Waals surface area contributed by atoms with Crippen LogP contribution in [0.1, 0.15) is 55.4 Å². The Bertz CT molecular complexity index is 1210. The Labute approximate surface area is 212 Å². The highest BCUT2D eigenvalue weighted by Gasteiger charge is 2.25. The Morgan fingerprint density at radius 3 is 2.25 bits per heavy atom. The van der Waals surface area contributed by atoms with Crippen LogP contribution in [0.4, 0.5) is 0 Å². The van der Waals surface area contributed by atoms with Crippen LogP contribution in [0.25, 0.3) is 17.1 Å². The zero-order valence-electron chi connectivity index (χ0n) is 21.7. The second-order valence-electron chi connectivity index (χ2n) is 10.1. The fraction of sp³-hybridized carbons (Fsp3) is 0.444. The number of aromatic hydroxyl groups is 2. The quantitative estimate of drug-likeness (QED) is 0.464. The first-order valence-electron chi connectivity index (χ1n) is 12.5. The number of phenols is 2. The largest absolute Gasteiger partial charge is 0.508 e. The molecule has 3 aromatic rings. The number of carbonyl (C=O) groups excluding carboxylic acids is 1. The van der Waals surface area contributed by atoms with Crippen molar-refractivity contribution in [3.05, 3.63) is 53.3 Å². The monoisotopic (exact) mass is 492 g/mol. The number of benzene rings is 2. The number of hydrogen-bond donors (Lipinski definition) is 3. The molecule has 0 aliphatic carbocycles. The third-order valence-corrected chi connectivity index (χ3v) is 6.49. The molecule has 3 N–H and O–H groups in total. The van der Waals surface area contributed by atoms with Crippen LogP contribution in [0.15, 0.2) is 36.4 Å². The van der Waals surface area contributed by atoms with Gasteiger partial charge in [0.1, 0.15) is 11.5 Å². The van der Waals surface area contributed by atoms with Gasteiger partial charge in [0.25, 0.3) is 5.91 Å². The zero-order valence-corrected chi connectivity index (χ0v) is 21.7. The molecule has 0 bridgehead atoms. The van der Waals surface area contributed by atoms with Crippen LogP contribution in [0.2, 0.25) is 0 Å². The summed E-state index contributed by atoms with van der Waals surface area (Å²) >= 11 is 0. The number of nitrogens with one attached hydrogen (secondary N) is 1. The Hall–Kier alpha value is -3.43. The summed E-state index contributed by atoms with van der Waals surface area (Å²) in [4.78, 5) is 17.8. The van der Waals surface area contributed by atoms with Gasteiger partial charge in [-0.05, 0) is 56.1 Å². The van der Waals surface area contributed by atoms with E-state index in [0.717, 1.165) is 32.7 Å². The molecule has 1 fully saturated rings. The molecule has 4 rings (SSSR count). The minimum absolute atomic E-state index is 0.0170. The van der Waals surface area contributed by atoms with E-state index in [9.17, 15) is 15.0 Å². The molecule has 9 nitrogen and oxygen atoms in total. The van der Waals surface area contributed by atoms with E-state index in [0.29, 0.717) is 22.6 Å². The van der Waals surface area contributed by atoms with Crippen molar-refractivity contribution in [2.75, 3.05) is 33.2 Å². The van der Waals surface area contributed by atoms with E-state index in [1.165, 1.54) is 11.6 Å². The number of rotatable bonds is 7. The number of hydrogen-bond acceptors (Lipinski definition) is 7. The van der Waals surface area contributed by atoms with Crippen molar-refractivity contribution in [1.29, 1.82) is 0 Å². The van der Waals surface area contributed by atoms with Crippen LogP contribution in [0.5, 0.6) is 11.5 Å². The molecule has 2 heterocycles. The number of carbonyl (C=O) groups is 1. The molecule has 36 heavy (non-hydrogen) atoms. The SMILES string of the molecule is CC(C)NC(=O)c1nnc(-c2cc(C(C)C)c(O)cc2O)n1-c1ccc(CN2CCN(C)CC2)cc1. The van der Waals surface area contributed by atoms with Gasteiger partial charge in [-0.2, -0.15) is 0 Å². The van der Waals surface area contributed by atoms with Crippen molar-refractivity contribution in [3.63, 3.8) is 0 Å². The summed E-state index contributed by atoms with van der Waals surface area (Å²) in [5.74, 6) is 0.0153. The van der Waals surface area contributed by atoms with Crippen LogP contribution >= 0.6 is 0 Å². The highest BCUT2D eigenvalue weighted by atomic mass is 16.3. The van der Waals surface area contributed by atoms with E-state index in [1.807, 2.05) is 39.8 Å². The average molecular weight is 493 g/mol. The fourth-order valence-corrected chi connectivity index (χ4v) is 4.43. The van der Waals surface area contributed by atoms with Crippen LogP contribution in [0, 0.1) is 0 Å². The van der Waals surface area contributed by atoms with Gasteiger partial charge in [-0.3, -0.25) is 14.3 Å². The normalized spacial score (nSPS) is 15.1. The maximum Gasteiger partial charge on any atom is 0.289 e. The summed E-state index contributed by atoms with van der Waals surface area (Å²) in [6, 6.07) is 11.0. The van der Waals surface area contributed by atoms with Crippen molar-refractivity contribution in [1.82, 2.24) is 29.9 Å². The third kappa shape index (κ3) is 5.52. The molecule has 192 valence electrons. The first-order chi connectivity index (χ1) is 17.1. The van der Waals surface area contributed by atoms with E-state index >= 15 is 0 Å². The topological polar surface area (TPSA) is 107 Å². The fourth-order valence-electron chi connectivity index (χ4n) is 4.43. The lowest BCUT2D eigenvalue weighted by molar-refractivity contribution is 0.0930. The Balaban J connectivity index is 1.74. The van der Waals surface area contributed by atoms with Gasteiger partial charge in [0, 0.05) is 50.5 Å². The summed E-state index contributed by atoms with van der Waals surface area (Å²) in [5.41, 5.74) is 2.97. The molecule has 1 saturated heterocycles. The lowest BCUT2D eigenvalue weighted by Gasteiger charge is -2.32. The Kier molecular flexibility index (Phi) is 7.61. The standard InChI is InChI=1S/C27H36N6O3/c1-17(2)21-14-22(24(35)15-23(21)34)25-29-30-26(27(36)28-18(3)4)33(25)20-8-6-19(7-9-20)16-32-12-10-31(5)11-13-32/h6-9,14-15,17-18,34-35H,10-13,16H2,1-5H3,(H,28,36). The Morgan fingerprint density at radius 1 is 0.972 bits per heavy atom. The van der Waals surface area contributed by atoms with Crippen LogP contribution in [0.3, 0.4) is 0 Å². The second kappa shape index (κ2) is 10.7. The van der Waals surface area contributed by atoms with Gasteiger partial charge >= 0.3 is 0 Å². The average Bonchev–Trinajstić information content (AvgIpc) is 3.25. The highest BCUT2D eigenvalue weighted by molar-refractivity contribution is 5.92. The maximum absolute atomic E-state index is 13.0. The first-order valence-corrected chi connectivity index (χ1v) is 12.5. The van der Waals surface area contributed by atoms with Crippen molar-refractivity contribution >= 4 is 5.91 Å². The molecule has 1 aromatic heterocycles. The number of amides is 1. The van der Waals surface area contributed by atoms with Crippen molar-refractivity contribution in [3.8, 4) is 28.6 Å². The predicted octanol–water partition coefficient (Wildman–Crippen LogP) is 3.35. The van der Waals surface area contributed by atoms with Gasteiger partial charge in [-0.25, -0.2) is 0 Å². The molecule has 0 saturated carbocycles. The summed E-state index contributed by atoms with van der Waals surface area (Å²) < 4.78 is 1.66. The van der Waals surface area contributed by atoms with Crippen molar-refractivity contribution in [2.45, 2.75) is 46.2 Å². The first kappa shape index (κ1) is 25.7. The van der Waals surface area contributed by atoms with E-state index in [4.69, 9.17) is 0 Å². The van der Waals surface area contributed by atoms with Crippen LogP contribution < -0.4 is 5.32 Å². The third-order valence-electron chi connectivity index (χ3n) is 6.49. The number of phenolic OH excluding ortho intramolecular Hbond substituents is 2. The number of likely N-dealkylation sites (N-methyl/N-ethyl adjacent to an activating group) is 1. The lowest BCUT2D eigenvalue weighted by atomic mass is 9.98. The van der Waals surface area contributed by atoms with E-state index in [-0.39, 0.29) is 35.2 Å². The molecular formula is C27H36N6O3. The molecule has 0 radical (unpaired) electrons. The second-order valence-corrected chi connectivity index (χ2v) is 10.1. The van der Waals surface area contributed by atoms with Crippen LogP contribution in [-0.2, 0) is 6.54 Å². The molecular weight excluding hydrogens is 456 g/mol. The van der Waals surface area contributed by atoms with Crippen molar-refractivity contribution < 1.29 is 15.0 Å². The molecule has 9 heteroatoms. The Morgan fingerprint density at radius 2 is 1.64 bits per heavy atom. The zero-order chi connectivity index (χ0) is 26.0. The molecule has 2 aromatic carbocycles. The van der Waals surface area contributed by atoms with Crippen LogP contribution in [-0.4, -0.2) is 80.0 Å². The van der Waals surface area contributed by atoms with Gasteiger partial charge in [0.15, 0.2) is 5.82 Å². The molecule has 1 aliphatic heterocycles. The predicted molar refractivity (Wildman–Crippen MR) is 140 cm³/mol.